The third kappa shape index (κ3) is 3.82. The van der Waals surface area contributed by atoms with Gasteiger partial charge in [-0.05, 0) is 73.6 Å². The SMILES string of the molecule is C[C@H](NS(=O)(=O)c1ccc2c(c1)CCCC2)c1ccc(-n2ccnc2)cc1. The van der Waals surface area contributed by atoms with Crippen LogP contribution in [0.4, 0.5) is 0 Å². The monoisotopic (exact) mass is 381 g/mol. The zero-order valence-electron chi connectivity index (χ0n) is 15.3. The Bertz CT molecular complexity index is 1030. The van der Waals surface area contributed by atoms with Crippen LogP contribution in [0.15, 0.2) is 66.1 Å². The molecule has 1 N–H and O–H groups in total. The number of aromatic nitrogens is 2. The molecular weight excluding hydrogens is 358 g/mol. The first-order valence-electron chi connectivity index (χ1n) is 9.25. The normalized spacial score (nSPS) is 15.3. The highest BCUT2D eigenvalue weighted by molar-refractivity contribution is 7.89. The van der Waals surface area contributed by atoms with Crippen molar-refractivity contribution in [3.8, 4) is 5.69 Å². The van der Waals surface area contributed by atoms with Crippen LogP contribution < -0.4 is 4.72 Å². The Hall–Kier alpha value is -2.44. The number of imidazole rings is 1. The number of sulfonamides is 1. The average Bonchev–Trinajstić information content (AvgIpc) is 3.22. The molecule has 0 bridgehead atoms. The lowest BCUT2D eigenvalue weighted by Crippen LogP contribution is -2.27. The molecule has 0 aliphatic heterocycles. The summed E-state index contributed by atoms with van der Waals surface area (Å²) in [4.78, 5) is 4.39. The van der Waals surface area contributed by atoms with Gasteiger partial charge in [-0.3, -0.25) is 0 Å². The average molecular weight is 382 g/mol. The molecule has 4 rings (SSSR count). The van der Waals surface area contributed by atoms with Crippen molar-refractivity contribution in [1.29, 1.82) is 0 Å². The molecule has 0 saturated carbocycles. The number of nitrogens with zero attached hydrogens (tertiary/aromatic N) is 2. The molecule has 1 aliphatic rings. The zero-order valence-corrected chi connectivity index (χ0v) is 16.1. The van der Waals surface area contributed by atoms with Gasteiger partial charge >= 0.3 is 0 Å². The molecule has 1 heterocycles. The Morgan fingerprint density at radius 2 is 1.78 bits per heavy atom. The first-order valence-corrected chi connectivity index (χ1v) is 10.7. The quantitative estimate of drug-likeness (QED) is 0.731. The fraction of sp³-hybridized carbons (Fsp3) is 0.286. The molecule has 2 aromatic carbocycles. The van der Waals surface area contributed by atoms with E-state index >= 15 is 0 Å². The van der Waals surface area contributed by atoms with Crippen LogP contribution in [0.3, 0.4) is 0 Å². The van der Waals surface area contributed by atoms with Gasteiger partial charge < -0.3 is 4.57 Å². The van der Waals surface area contributed by atoms with Gasteiger partial charge in [0.25, 0.3) is 0 Å². The number of aryl methyl sites for hydroxylation is 2. The molecule has 1 aliphatic carbocycles. The van der Waals surface area contributed by atoms with E-state index in [1.807, 2.05) is 54.1 Å². The summed E-state index contributed by atoms with van der Waals surface area (Å²) in [5, 5.41) is 0. The molecule has 0 radical (unpaired) electrons. The van der Waals surface area contributed by atoms with Crippen molar-refractivity contribution in [3.05, 3.63) is 77.9 Å². The minimum atomic E-state index is -3.56. The minimum Gasteiger partial charge on any atom is -0.306 e. The van der Waals surface area contributed by atoms with Crippen LogP contribution >= 0.6 is 0 Å². The number of benzene rings is 2. The second-order valence-electron chi connectivity index (χ2n) is 7.04. The van der Waals surface area contributed by atoms with Crippen molar-refractivity contribution >= 4 is 10.0 Å². The molecule has 1 atom stereocenters. The molecule has 140 valence electrons. The van der Waals surface area contributed by atoms with Crippen molar-refractivity contribution in [2.45, 2.75) is 43.5 Å². The highest BCUT2D eigenvalue weighted by Gasteiger charge is 2.20. The summed E-state index contributed by atoms with van der Waals surface area (Å²) in [6.45, 7) is 1.86. The van der Waals surface area contributed by atoms with Crippen LogP contribution in [0.25, 0.3) is 5.69 Å². The molecule has 0 unspecified atom stereocenters. The van der Waals surface area contributed by atoms with Crippen LogP contribution in [0.5, 0.6) is 0 Å². The van der Waals surface area contributed by atoms with Crippen molar-refractivity contribution in [1.82, 2.24) is 14.3 Å². The predicted molar refractivity (Wildman–Crippen MR) is 105 cm³/mol. The van der Waals surface area contributed by atoms with Crippen molar-refractivity contribution in [2.24, 2.45) is 0 Å². The van der Waals surface area contributed by atoms with Gasteiger partial charge in [0.15, 0.2) is 0 Å². The van der Waals surface area contributed by atoms with Gasteiger partial charge in [0, 0.05) is 24.1 Å². The smallest absolute Gasteiger partial charge is 0.241 e. The standard InChI is InChI=1S/C21H23N3O2S/c1-16(17-6-9-20(10-7-17)24-13-12-22-15-24)23-27(25,26)21-11-8-18-4-2-3-5-19(18)14-21/h6-16,23H,2-5H2,1H3/t16-/m0/s1. The zero-order chi connectivity index (χ0) is 18.9. The van der Waals surface area contributed by atoms with Crippen molar-refractivity contribution in [3.63, 3.8) is 0 Å². The molecule has 5 nitrogen and oxygen atoms in total. The molecule has 6 heteroatoms. The Labute approximate surface area is 160 Å². The molecule has 0 spiro atoms. The summed E-state index contributed by atoms with van der Waals surface area (Å²) in [7, 11) is -3.56. The van der Waals surface area contributed by atoms with Gasteiger partial charge in [-0.15, -0.1) is 0 Å². The molecule has 0 fully saturated rings. The molecule has 1 aromatic heterocycles. The molecule has 0 amide bonds. The molecule has 27 heavy (non-hydrogen) atoms. The Morgan fingerprint density at radius 1 is 1.04 bits per heavy atom. The van der Waals surface area contributed by atoms with E-state index in [0.717, 1.165) is 30.5 Å². The van der Waals surface area contributed by atoms with Crippen molar-refractivity contribution in [2.75, 3.05) is 0 Å². The van der Waals surface area contributed by atoms with Gasteiger partial charge in [0.05, 0.1) is 11.2 Å². The maximum atomic E-state index is 12.8. The second-order valence-corrected chi connectivity index (χ2v) is 8.76. The third-order valence-electron chi connectivity index (χ3n) is 5.16. The van der Waals surface area contributed by atoms with Crippen molar-refractivity contribution < 1.29 is 8.42 Å². The molecule has 0 saturated heterocycles. The van der Waals surface area contributed by atoms with Crippen LogP contribution in [0.1, 0.15) is 42.5 Å². The van der Waals surface area contributed by atoms with E-state index in [1.165, 1.54) is 17.5 Å². The van der Waals surface area contributed by atoms with Gasteiger partial charge in [-0.25, -0.2) is 18.1 Å². The first-order chi connectivity index (χ1) is 13.0. The first kappa shape index (κ1) is 17.9. The van der Waals surface area contributed by atoms with Crippen LogP contribution in [-0.2, 0) is 22.9 Å². The molecular formula is C21H23N3O2S. The minimum absolute atomic E-state index is 0.317. The summed E-state index contributed by atoms with van der Waals surface area (Å²) in [5.74, 6) is 0. The summed E-state index contributed by atoms with van der Waals surface area (Å²) in [5.41, 5.74) is 4.35. The maximum absolute atomic E-state index is 12.8. The van der Waals surface area contributed by atoms with Gasteiger partial charge in [-0.2, -0.15) is 0 Å². The topological polar surface area (TPSA) is 64.0 Å². The number of hydrogen-bond donors (Lipinski definition) is 1. The largest absolute Gasteiger partial charge is 0.306 e. The van der Waals surface area contributed by atoms with E-state index in [2.05, 4.69) is 9.71 Å². The van der Waals surface area contributed by atoms with Crippen LogP contribution in [0, 0.1) is 0 Å². The Kier molecular flexibility index (Phi) is 4.85. The van der Waals surface area contributed by atoms with Gasteiger partial charge in [0.2, 0.25) is 10.0 Å². The summed E-state index contributed by atoms with van der Waals surface area (Å²) in [6.07, 6.45) is 9.65. The van der Waals surface area contributed by atoms with Gasteiger partial charge in [-0.1, -0.05) is 18.2 Å². The van der Waals surface area contributed by atoms with Crippen LogP contribution in [0.2, 0.25) is 0 Å². The fourth-order valence-electron chi connectivity index (χ4n) is 3.59. The lowest BCUT2D eigenvalue weighted by Gasteiger charge is -2.19. The number of rotatable bonds is 5. The summed E-state index contributed by atoms with van der Waals surface area (Å²) in [6, 6.07) is 13.0. The second kappa shape index (κ2) is 7.29. The maximum Gasteiger partial charge on any atom is 0.241 e. The fourth-order valence-corrected chi connectivity index (χ4v) is 4.87. The highest BCUT2D eigenvalue weighted by atomic mass is 32.2. The predicted octanol–water partition coefficient (Wildman–Crippen LogP) is 3.79. The Morgan fingerprint density at radius 3 is 2.48 bits per heavy atom. The summed E-state index contributed by atoms with van der Waals surface area (Å²) < 4.78 is 30.4. The third-order valence-corrected chi connectivity index (χ3v) is 6.70. The molecule has 3 aromatic rings. The lowest BCUT2D eigenvalue weighted by atomic mass is 9.92. The van der Waals surface area contributed by atoms with E-state index in [9.17, 15) is 8.42 Å². The van der Waals surface area contributed by atoms with Gasteiger partial charge in [0.1, 0.15) is 0 Å². The number of nitrogens with one attached hydrogen (secondary N) is 1. The summed E-state index contributed by atoms with van der Waals surface area (Å²) >= 11 is 0. The van der Waals surface area contributed by atoms with E-state index in [4.69, 9.17) is 0 Å². The Balaban J connectivity index is 1.52. The highest BCUT2D eigenvalue weighted by Crippen LogP contribution is 2.25. The number of fused-ring (bicyclic) bond motifs is 1. The number of hydrogen-bond acceptors (Lipinski definition) is 3. The van der Waals surface area contributed by atoms with E-state index in [1.54, 1.807) is 18.6 Å². The van der Waals surface area contributed by atoms with E-state index in [0.29, 0.717) is 4.90 Å². The van der Waals surface area contributed by atoms with E-state index < -0.39 is 10.0 Å². The van der Waals surface area contributed by atoms with Crippen LogP contribution in [-0.4, -0.2) is 18.0 Å². The lowest BCUT2D eigenvalue weighted by molar-refractivity contribution is 0.566. The van der Waals surface area contributed by atoms with E-state index in [-0.39, 0.29) is 6.04 Å².